The number of morpholine rings is 1. The van der Waals surface area contributed by atoms with Crippen LogP contribution in [0.3, 0.4) is 0 Å². The Labute approximate surface area is 150 Å². The molecule has 2 amide bonds. The van der Waals surface area contributed by atoms with Gasteiger partial charge in [0.2, 0.25) is 0 Å². The van der Waals surface area contributed by atoms with Crippen LogP contribution < -0.4 is 5.32 Å². The second kappa shape index (κ2) is 9.40. The zero-order chi connectivity index (χ0) is 18.2. The van der Waals surface area contributed by atoms with Crippen LogP contribution >= 0.6 is 0 Å². The van der Waals surface area contributed by atoms with E-state index < -0.39 is 0 Å². The molecule has 0 radical (unpaired) electrons. The largest absolute Gasteiger partial charge is 0.379 e. The number of carbonyl (C=O) groups excluding carboxylic acids is 1. The second-order valence-electron chi connectivity index (χ2n) is 6.81. The van der Waals surface area contributed by atoms with Crippen LogP contribution in [-0.4, -0.2) is 61.8 Å². The molecule has 6 heteroatoms. The van der Waals surface area contributed by atoms with Crippen molar-refractivity contribution >= 4 is 6.03 Å². The highest BCUT2D eigenvalue weighted by Gasteiger charge is 2.24. The lowest BCUT2D eigenvalue weighted by molar-refractivity contribution is 0.00697. The monoisotopic (exact) mass is 344 g/mol. The summed E-state index contributed by atoms with van der Waals surface area (Å²) in [5, 5.41) is 12.0. The normalized spacial score (nSPS) is 16.3. The first-order valence-electron chi connectivity index (χ1n) is 8.81. The number of nitrogens with zero attached hydrogens (tertiary/aromatic N) is 3. The van der Waals surface area contributed by atoms with Crippen molar-refractivity contribution in [2.75, 3.05) is 39.9 Å². The molecular formula is C19H28N4O2. The maximum atomic E-state index is 12.4. The summed E-state index contributed by atoms with van der Waals surface area (Å²) in [4.78, 5) is 16.5. The Morgan fingerprint density at radius 3 is 2.76 bits per heavy atom. The van der Waals surface area contributed by atoms with Gasteiger partial charge in [-0.1, -0.05) is 26.0 Å². The predicted molar refractivity (Wildman–Crippen MR) is 97.0 cm³/mol. The van der Waals surface area contributed by atoms with E-state index in [2.05, 4.69) is 30.1 Å². The van der Waals surface area contributed by atoms with Gasteiger partial charge in [-0.25, -0.2) is 4.79 Å². The van der Waals surface area contributed by atoms with Gasteiger partial charge in [0.15, 0.2) is 0 Å². The van der Waals surface area contributed by atoms with E-state index >= 15 is 0 Å². The van der Waals surface area contributed by atoms with Crippen molar-refractivity contribution in [2.45, 2.75) is 26.4 Å². The Morgan fingerprint density at radius 1 is 1.40 bits per heavy atom. The van der Waals surface area contributed by atoms with Crippen molar-refractivity contribution in [3.8, 4) is 6.07 Å². The van der Waals surface area contributed by atoms with Gasteiger partial charge in [-0.3, -0.25) is 4.90 Å². The van der Waals surface area contributed by atoms with Crippen LogP contribution in [0.2, 0.25) is 0 Å². The number of hydrogen-bond donors (Lipinski definition) is 1. The van der Waals surface area contributed by atoms with Crippen molar-refractivity contribution in [1.82, 2.24) is 15.1 Å². The van der Waals surface area contributed by atoms with E-state index in [1.807, 2.05) is 18.2 Å². The molecule has 1 aliphatic heterocycles. The molecular weight excluding hydrogens is 316 g/mol. The highest BCUT2D eigenvalue weighted by Crippen LogP contribution is 2.12. The maximum Gasteiger partial charge on any atom is 0.317 e. The number of ether oxygens (including phenoxy) is 1. The Hall–Kier alpha value is -2.10. The molecule has 1 saturated heterocycles. The van der Waals surface area contributed by atoms with Crippen LogP contribution in [0, 0.1) is 17.2 Å². The van der Waals surface area contributed by atoms with E-state index in [0.717, 1.165) is 31.9 Å². The molecule has 0 saturated carbocycles. The summed E-state index contributed by atoms with van der Waals surface area (Å²) < 4.78 is 5.42. The minimum absolute atomic E-state index is 0.0960. The number of nitrogens with one attached hydrogen (secondary N) is 1. The van der Waals surface area contributed by atoms with Crippen molar-refractivity contribution in [3.63, 3.8) is 0 Å². The van der Waals surface area contributed by atoms with Crippen LogP contribution in [0.5, 0.6) is 0 Å². The predicted octanol–water partition coefficient (Wildman–Crippen LogP) is 2.06. The van der Waals surface area contributed by atoms with Crippen molar-refractivity contribution in [1.29, 1.82) is 5.26 Å². The van der Waals surface area contributed by atoms with E-state index in [0.29, 0.717) is 30.6 Å². The zero-order valence-corrected chi connectivity index (χ0v) is 15.4. The fourth-order valence-electron chi connectivity index (χ4n) is 3.11. The molecule has 0 bridgehead atoms. The molecule has 1 fully saturated rings. The van der Waals surface area contributed by atoms with Gasteiger partial charge in [0.05, 0.1) is 24.8 Å². The summed E-state index contributed by atoms with van der Waals surface area (Å²) in [7, 11) is 1.77. The van der Waals surface area contributed by atoms with Crippen LogP contribution in [0.25, 0.3) is 0 Å². The first-order chi connectivity index (χ1) is 12.0. The third-order valence-electron chi connectivity index (χ3n) is 4.57. The van der Waals surface area contributed by atoms with E-state index in [9.17, 15) is 4.79 Å². The highest BCUT2D eigenvalue weighted by molar-refractivity contribution is 5.73. The number of amides is 2. The Morgan fingerprint density at radius 2 is 2.12 bits per heavy atom. The minimum Gasteiger partial charge on any atom is -0.379 e. The van der Waals surface area contributed by atoms with Gasteiger partial charge in [0.1, 0.15) is 0 Å². The molecule has 136 valence electrons. The molecule has 2 rings (SSSR count). The lowest BCUT2D eigenvalue weighted by Crippen LogP contribution is -2.52. The van der Waals surface area contributed by atoms with E-state index in [-0.39, 0.29) is 6.03 Å². The number of urea groups is 1. The van der Waals surface area contributed by atoms with Crippen LogP contribution in [-0.2, 0) is 11.3 Å². The van der Waals surface area contributed by atoms with Gasteiger partial charge in [-0.05, 0) is 23.6 Å². The topological polar surface area (TPSA) is 68.6 Å². The average molecular weight is 344 g/mol. The zero-order valence-electron chi connectivity index (χ0n) is 15.4. The molecule has 25 heavy (non-hydrogen) atoms. The Bertz CT molecular complexity index is 606. The number of carbonyl (C=O) groups is 1. The summed E-state index contributed by atoms with van der Waals surface area (Å²) in [6.45, 7) is 8.81. The van der Waals surface area contributed by atoms with Gasteiger partial charge in [0, 0.05) is 39.3 Å². The third-order valence-corrected chi connectivity index (χ3v) is 4.57. The summed E-state index contributed by atoms with van der Waals surface area (Å²) >= 11 is 0. The molecule has 1 unspecified atom stereocenters. The molecule has 1 aromatic carbocycles. The molecule has 0 aliphatic carbocycles. The first-order valence-corrected chi connectivity index (χ1v) is 8.81. The van der Waals surface area contributed by atoms with Gasteiger partial charge >= 0.3 is 6.03 Å². The SMILES string of the molecule is CC(C)C(CNC(=O)N(C)Cc1cccc(C#N)c1)N1CCOCC1. The first kappa shape index (κ1) is 19.2. The van der Waals surface area contributed by atoms with Crippen LogP contribution in [0.4, 0.5) is 4.79 Å². The minimum atomic E-state index is -0.0960. The summed E-state index contributed by atoms with van der Waals surface area (Å²) in [6.07, 6.45) is 0. The van der Waals surface area contributed by atoms with Crippen molar-refractivity contribution in [3.05, 3.63) is 35.4 Å². The average Bonchev–Trinajstić information content (AvgIpc) is 2.62. The third kappa shape index (κ3) is 5.73. The van der Waals surface area contributed by atoms with E-state index in [1.165, 1.54) is 0 Å². The molecule has 6 nitrogen and oxygen atoms in total. The smallest absolute Gasteiger partial charge is 0.317 e. The van der Waals surface area contributed by atoms with Gasteiger partial charge in [-0.15, -0.1) is 0 Å². The quantitative estimate of drug-likeness (QED) is 0.858. The maximum absolute atomic E-state index is 12.4. The van der Waals surface area contributed by atoms with E-state index in [4.69, 9.17) is 10.00 Å². The summed E-state index contributed by atoms with van der Waals surface area (Å²) in [6, 6.07) is 9.68. The van der Waals surface area contributed by atoms with Gasteiger partial charge in [0.25, 0.3) is 0 Å². The number of hydrogen-bond acceptors (Lipinski definition) is 4. The van der Waals surface area contributed by atoms with Crippen molar-refractivity contribution in [2.24, 2.45) is 5.92 Å². The second-order valence-corrected chi connectivity index (χ2v) is 6.81. The molecule has 1 atom stereocenters. The summed E-state index contributed by atoms with van der Waals surface area (Å²) in [5.41, 5.74) is 1.56. The number of benzene rings is 1. The fraction of sp³-hybridized carbons (Fsp3) is 0.579. The molecule has 0 aromatic heterocycles. The van der Waals surface area contributed by atoms with Crippen LogP contribution in [0.15, 0.2) is 24.3 Å². The molecule has 1 aromatic rings. The number of rotatable bonds is 6. The lowest BCUT2D eigenvalue weighted by Gasteiger charge is -2.37. The fourth-order valence-corrected chi connectivity index (χ4v) is 3.11. The highest BCUT2D eigenvalue weighted by atomic mass is 16.5. The van der Waals surface area contributed by atoms with E-state index in [1.54, 1.807) is 18.0 Å². The summed E-state index contributed by atoms with van der Waals surface area (Å²) in [5.74, 6) is 0.455. The van der Waals surface area contributed by atoms with Crippen molar-refractivity contribution < 1.29 is 9.53 Å². The van der Waals surface area contributed by atoms with Gasteiger partial charge in [-0.2, -0.15) is 5.26 Å². The standard InChI is InChI=1S/C19H28N4O2/c1-15(2)18(23-7-9-25-10-8-23)13-21-19(24)22(3)14-17-6-4-5-16(11-17)12-20/h4-6,11,15,18H,7-10,13-14H2,1-3H3,(H,21,24). The molecule has 1 aliphatic rings. The molecule has 0 spiro atoms. The Kier molecular flexibility index (Phi) is 7.23. The lowest BCUT2D eigenvalue weighted by atomic mass is 10.0. The van der Waals surface area contributed by atoms with Gasteiger partial charge < -0.3 is 15.0 Å². The molecule has 1 N–H and O–H groups in total. The van der Waals surface area contributed by atoms with Crippen LogP contribution in [0.1, 0.15) is 25.0 Å². The Balaban J connectivity index is 1.87. The number of nitriles is 1. The molecule has 1 heterocycles.